The fourth-order valence-corrected chi connectivity index (χ4v) is 2.94. The maximum absolute atomic E-state index is 14.5. The monoisotopic (exact) mass is 351 g/mol. The quantitative estimate of drug-likeness (QED) is 0.757. The van der Waals surface area contributed by atoms with Crippen LogP contribution in [0.1, 0.15) is 27.7 Å². The zero-order valence-electron chi connectivity index (χ0n) is 15.5. The maximum atomic E-state index is 14.5. The first-order valence-corrected chi connectivity index (χ1v) is 8.87. The topological polar surface area (TPSA) is 40.2 Å². The second-order valence-corrected chi connectivity index (χ2v) is 7.54. The first-order chi connectivity index (χ1) is 11.8. The molecule has 3 rings (SSSR count). The Balaban J connectivity index is 1.70. The highest BCUT2D eigenvalue weighted by Crippen LogP contribution is 2.37. The Kier molecular flexibility index (Phi) is 5.39. The molecule has 0 radical (unpaired) electrons. The van der Waals surface area contributed by atoms with E-state index in [1.165, 1.54) is 6.07 Å². The Morgan fingerprint density at radius 3 is 2.40 bits per heavy atom. The summed E-state index contributed by atoms with van der Waals surface area (Å²) in [6.45, 7) is 12.4. The normalized spacial score (nSPS) is 23.0. The molecule has 2 heterocycles. The summed E-state index contributed by atoms with van der Waals surface area (Å²) in [4.78, 5) is 2.28. The third-order valence-corrected chi connectivity index (χ3v) is 5.27. The predicted octanol–water partition coefficient (Wildman–Crippen LogP) is 1.84. The van der Waals surface area contributed by atoms with Crippen molar-refractivity contribution in [3.8, 4) is 5.75 Å². The van der Waals surface area contributed by atoms with Crippen molar-refractivity contribution in [1.29, 1.82) is 0 Å². The van der Waals surface area contributed by atoms with Crippen molar-refractivity contribution in [3.63, 3.8) is 0 Å². The van der Waals surface area contributed by atoms with Crippen LogP contribution in [-0.2, 0) is 14.0 Å². The Hall–Kier alpha value is -1.15. The zero-order valence-corrected chi connectivity index (χ0v) is 15.5. The lowest BCUT2D eigenvalue weighted by atomic mass is 9.78. The van der Waals surface area contributed by atoms with E-state index in [0.717, 1.165) is 32.8 Å². The minimum absolute atomic E-state index is 0.336. The highest BCUT2D eigenvalue weighted by molar-refractivity contribution is 6.63. The molecule has 2 aliphatic heterocycles. The van der Waals surface area contributed by atoms with Gasteiger partial charge >= 0.3 is 7.12 Å². The Bertz CT molecular complexity index is 589. The van der Waals surface area contributed by atoms with Gasteiger partial charge in [-0.05, 0) is 39.8 Å². The second-order valence-electron chi connectivity index (χ2n) is 7.54. The van der Waals surface area contributed by atoms with Crippen molar-refractivity contribution in [1.82, 2.24) is 4.90 Å². The molecule has 2 fully saturated rings. The summed E-state index contributed by atoms with van der Waals surface area (Å²) in [6, 6.07) is 4.83. The molecule has 0 saturated carbocycles. The summed E-state index contributed by atoms with van der Waals surface area (Å²) in [5.74, 6) is 0.106. The van der Waals surface area contributed by atoms with Gasteiger partial charge in [0.25, 0.3) is 0 Å². The number of ether oxygens (including phenoxy) is 2. The lowest BCUT2D eigenvalue weighted by molar-refractivity contribution is 0.00578. The van der Waals surface area contributed by atoms with Crippen molar-refractivity contribution in [3.05, 3.63) is 24.0 Å². The summed E-state index contributed by atoms with van der Waals surface area (Å²) in [6.07, 6.45) is 0. The standard InChI is InChI=1S/C18H27BFNO4/c1-17(2)18(3,4)25-19(24-17)16-14(20)6-5-7-15(16)23-13-10-21-8-11-22-12-9-21/h5-7H,8-13H2,1-4H3. The molecule has 5 nitrogen and oxygen atoms in total. The fraction of sp³-hybridized carbons (Fsp3) is 0.667. The molecule has 0 unspecified atom stereocenters. The molecule has 1 aromatic rings. The van der Waals surface area contributed by atoms with Crippen LogP contribution in [0.5, 0.6) is 5.75 Å². The van der Waals surface area contributed by atoms with E-state index in [0.29, 0.717) is 17.8 Å². The van der Waals surface area contributed by atoms with E-state index in [-0.39, 0.29) is 5.82 Å². The molecule has 2 saturated heterocycles. The van der Waals surface area contributed by atoms with Crippen LogP contribution in [0.15, 0.2) is 18.2 Å². The lowest BCUT2D eigenvalue weighted by Crippen LogP contribution is -2.41. The van der Waals surface area contributed by atoms with Gasteiger partial charge in [-0.2, -0.15) is 0 Å². The molecule has 7 heteroatoms. The minimum atomic E-state index is -0.774. The molecule has 0 spiro atoms. The van der Waals surface area contributed by atoms with Crippen LogP contribution in [0.3, 0.4) is 0 Å². The number of halogens is 1. The van der Waals surface area contributed by atoms with Gasteiger partial charge in [-0.3, -0.25) is 4.90 Å². The van der Waals surface area contributed by atoms with E-state index >= 15 is 0 Å². The van der Waals surface area contributed by atoms with E-state index in [1.807, 2.05) is 27.7 Å². The van der Waals surface area contributed by atoms with E-state index in [1.54, 1.807) is 12.1 Å². The van der Waals surface area contributed by atoms with Gasteiger partial charge in [0.15, 0.2) is 0 Å². The van der Waals surface area contributed by atoms with E-state index in [9.17, 15) is 4.39 Å². The molecular weight excluding hydrogens is 324 g/mol. The van der Waals surface area contributed by atoms with Crippen LogP contribution in [0, 0.1) is 5.82 Å². The summed E-state index contributed by atoms with van der Waals surface area (Å²) >= 11 is 0. The molecule has 138 valence electrons. The van der Waals surface area contributed by atoms with Gasteiger partial charge in [0.05, 0.1) is 29.9 Å². The average Bonchev–Trinajstić information content (AvgIpc) is 2.76. The fourth-order valence-electron chi connectivity index (χ4n) is 2.94. The van der Waals surface area contributed by atoms with Crippen molar-refractivity contribution >= 4 is 12.6 Å². The zero-order chi connectivity index (χ0) is 18.1. The van der Waals surface area contributed by atoms with Crippen molar-refractivity contribution in [2.75, 3.05) is 39.5 Å². The van der Waals surface area contributed by atoms with Crippen LogP contribution < -0.4 is 10.2 Å². The lowest BCUT2D eigenvalue weighted by Gasteiger charge is -2.32. The highest BCUT2D eigenvalue weighted by Gasteiger charge is 2.53. The van der Waals surface area contributed by atoms with E-state index < -0.39 is 18.3 Å². The number of benzene rings is 1. The second kappa shape index (κ2) is 7.23. The van der Waals surface area contributed by atoms with Gasteiger partial charge in [-0.25, -0.2) is 4.39 Å². The average molecular weight is 351 g/mol. The number of hydrogen-bond donors (Lipinski definition) is 0. The molecule has 0 aliphatic carbocycles. The maximum Gasteiger partial charge on any atom is 0.501 e. The molecule has 0 aromatic heterocycles. The molecule has 1 aromatic carbocycles. The van der Waals surface area contributed by atoms with Crippen LogP contribution >= 0.6 is 0 Å². The third kappa shape index (κ3) is 4.00. The summed E-state index contributed by atoms with van der Waals surface area (Å²) in [5, 5.41) is 0. The number of nitrogens with zero attached hydrogens (tertiary/aromatic N) is 1. The summed E-state index contributed by atoms with van der Waals surface area (Å²) < 4.78 is 37.7. The van der Waals surface area contributed by atoms with Gasteiger partial charge in [-0.15, -0.1) is 0 Å². The number of rotatable bonds is 5. The van der Waals surface area contributed by atoms with E-state index in [2.05, 4.69) is 4.90 Å². The third-order valence-electron chi connectivity index (χ3n) is 5.27. The first kappa shape index (κ1) is 18.6. The van der Waals surface area contributed by atoms with Crippen LogP contribution in [-0.4, -0.2) is 62.7 Å². The van der Waals surface area contributed by atoms with Crippen molar-refractivity contribution < 1.29 is 23.2 Å². The highest BCUT2D eigenvalue weighted by atomic mass is 19.1. The number of morpholine rings is 1. The Morgan fingerprint density at radius 2 is 1.76 bits per heavy atom. The SMILES string of the molecule is CC1(C)OB(c2c(F)cccc2OCCN2CCOCC2)OC1(C)C. The van der Waals surface area contributed by atoms with E-state index in [4.69, 9.17) is 18.8 Å². The largest absolute Gasteiger partial charge is 0.501 e. The van der Waals surface area contributed by atoms with Gasteiger partial charge in [0, 0.05) is 19.6 Å². The van der Waals surface area contributed by atoms with Crippen molar-refractivity contribution in [2.45, 2.75) is 38.9 Å². The van der Waals surface area contributed by atoms with Crippen molar-refractivity contribution in [2.24, 2.45) is 0 Å². The number of hydrogen-bond acceptors (Lipinski definition) is 5. The van der Waals surface area contributed by atoms with Gasteiger partial charge in [0.1, 0.15) is 18.2 Å². The molecule has 0 atom stereocenters. The Morgan fingerprint density at radius 1 is 1.12 bits per heavy atom. The minimum Gasteiger partial charge on any atom is -0.493 e. The van der Waals surface area contributed by atoms with Gasteiger partial charge in [0.2, 0.25) is 0 Å². The van der Waals surface area contributed by atoms with Crippen LogP contribution in [0.25, 0.3) is 0 Å². The molecule has 2 aliphatic rings. The Labute approximate surface area is 149 Å². The summed E-state index contributed by atoms with van der Waals surface area (Å²) in [5.41, 5.74) is -0.709. The van der Waals surface area contributed by atoms with Crippen LogP contribution in [0.2, 0.25) is 0 Å². The molecule has 25 heavy (non-hydrogen) atoms. The molecule has 0 amide bonds. The molecule has 0 bridgehead atoms. The smallest absolute Gasteiger partial charge is 0.493 e. The summed E-state index contributed by atoms with van der Waals surface area (Å²) in [7, 11) is -0.774. The van der Waals surface area contributed by atoms with Crippen LogP contribution in [0.4, 0.5) is 4.39 Å². The molecular formula is C18H27BFNO4. The molecule has 0 N–H and O–H groups in total. The van der Waals surface area contributed by atoms with Gasteiger partial charge in [-0.1, -0.05) is 6.07 Å². The van der Waals surface area contributed by atoms with Gasteiger partial charge < -0.3 is 18.8 Å². The first-order valence-electron chi connectivity index (χ1n) is 8.87. The predicted molar refractivity (Wildman–Crippen MR) is 94.9 cm³/mol.